The number of carbonyl (C=O) groups is 2. The number of amides is 1. The maximum atomic E-state index is 13.8. The number of anilines is 1. The number of hydrogen-bond donors (Lipinski definition) is 1. The van der Waals surface area contributed by atoms with Gasteiger partial charge in [-0.05, 0) is 30.4 Å². The average molecular weight is 467 g/mol. The summed E-state index contributed by atoms with van der Waals surface area (Å²) in [5.74, 6) is -2.10. The van der Waals surface area contributed by atoms with Gasteiger partial charge in [-0.25, -0.2) is 4.98 Å². The van der Waals surface area contributed by atoms with Crippen LogP contribution in [0.1, 0.15) is 30.7 Å². The van der Waals surface area contributed by atoms with E-state index in [2.05, 4.69) is 12.2 Å². The molecule has 1 aliphatic rings. The number of rotatable bonds is 5. The van der Waals surface area contributed by atoms with E-state index in [4.69, 9.17) is 16.6 Å². The van der Waals surface area contributed by atoms with Crippen LogP contribution in [0.25, 0.3) is 11.3 Å². The lowest BCUT2D eigenvalue weighted by Gasteiger charge is -2.29. The fourth-order valence-corrected chi connectivity index (χ4v) is 5.16. The summed E-state index contributed by atoms with van der Waals surface area (Å²) in [6.45, 7) is 0.447. The number of thiazole rings is 1. The SMILES string of the molecule is O=C(O)C[C@@H]1C(=O)N(c2nc(-c3ccccc3Cl)cs2)CC/C=C\C[C@@H]1c1ccccc1. The summed E-state index contributed by atoms with van der Waals surface area (Å²) < 4.78 is 0. The number of nitrogens with zero attached hydrogens (tertiary/aromatic N) is 2. The zero-order chi connectivity index (χ0) is 22.5. The van der Waals surface area contributed by atoms with Crippen molar-refractivity contribution in [1.82, 2.24) is 4.98 Å². The molecule has 0 spiro atoms. The van der Waals surface area contributed by atoms with Crippen LogP contribution in [0.4, 0.5) is 5.13 Å². The van der Waals surface area contributed by atoms with E-state index in [1.807, 2.05) is 53.9 Å². The van der Waals surface area contributed by atoms with Crippen LogP contribution >= 0.6 is 22.9 Å². The molecule has 0 aliphatic carbocycles. The first-order valence-corrected chi connectivity index (χ1v) is 11.7. The first-order valence-electron chi connectivity index (χ1n) is 10.5. The van der Waals surface area contributed by atoms with Crippen molar-refractivity contribution in [2.24, 2.45) is 5.92 Å². The number of aromatic nitrogens is 1. The van der Waals surface area contributed by atoms with Gasteiger partial charge in [-0.15, -0.1) is 11.3 Å². The highest BCUT2D eigenvalue weighted by Crippen LogP contribution is 2.37. The van der Waals surface area contributed by atoms with E-state index in [0.717, 1.165) is 11.1 Å². The van der Waals surface area contributed by atoms with Crippen molar-refractivity contribution in [3.63, 3.8) is 0 Å². The topological polar surface area (TPSA) is 70.5 Å². The van der Waals surface area contributed by atoms with Crippen LogP contribution in [-0.2, 0) is 9.59 Å². The standard InChI is InChI=1S/C25H23ClN2O3S/c26-21-13-7-6-12-19(21)22-16-32-25(27-22)28-14-8-2-5-11-18(17-9-3-1-4-10-17)20(24(28)31)15-23(29)30/h1-7,9-10,12-13,16,18,20H,8,11,14-15H2,(H,29,30)/b5-2-/t18-,20+/m1/s1. The fraction of sp³-hybridized carbons (Fsp3) is 0.240. The Bertz CT molecular complexity index is 1130. The lowest BCUT2D eigenvalue weighted by Crippen LogP contribution is -2.40. The third-order valence-corrected chi connectivity index (χ3v) is 6.83. The summed E-state index contributed by atoms with van der Waals surface area (Å²) in [6, 6.07) is 17.1. The van der Waals surface area contributed by atoms with Crippen LogP contribution in [0.15, 0.2) is 72.1 Å². The van der Waals surface area contributed by atoms with Gasteiger partial charge in [0, 0.05) is 22.5 Å². The minimum absolute atomic E-state index is 0.204. The molecule has 1 amide bonds. The highest BCUT2D eigenvalue weighted by molar-refractivity contribution is 7.14. The smallest absolute Gasteiger partial charge is 0.304 e. The highest BCUT2D eigenvalue weighted by Gasteiger charge is 2.36. The molecular weight excluding hydrogens is 444 g/mol. The number of allylic oxidation sites excluding steroid dienone is 1. The van der Waals surface area contributed by atoms with Gasteiger partial charge in [0.2, 0.25) is 5.91 Å². The summed E-state index contributed by atoms with van der Waals surface area (Å²) in [7, 11) is 0. The van der Waals surface area contributed by atoms with Crippen LogP contribution in [0.5, 0.6) is 0 Å². The number of hydrogen-bond acceptors (Lipinski definition) is 4. The number of halogens is 1. The molecule has 164 valence electrons. The predicted octanol–water partition coefficient (Wildman–Crippen LogP) is 6.02. The van der Waals surface area contributed by atoms with Gasteiger partial charge < -0.3 is 5.11 Å². The van der Waals surface area contributed by atoms with E-state index in [-0.39, 0.29) is 18.2 Å². The summed E-state index contributed by atoms with van der Waals surface area (Å²) in [5, 5.41) is 12.6. The molecule has 3 aromatic rings. The molecule has 1 aromatic heterocycles. The summed E-state index contributed by atoms with van der Waals surface area (Å²) in [4.78, 5) is 31.8. The Balaban J connectivity index is 1.71. The second-order valence-electron chi connectivity index (χ2n) is 7.70. The first-order chi connectivity index (χ1) is 15.5. The molecule has 32 heavy (non-hydrogen) atoms. The van der Waals surface area contributed by atoms with Crippen LogP contribution in [0.3, 0.4) is 0 Å². The van der Waals surface area contributed by atoms with Crippen LogP contribution in [-0.4, -0.2) is 28.5 Å². The Hall–Kier alpha value is -2.96. The molecular formula is C25H23ClN2O3S. The van der Waals surface area contributed by atoms with Crippen molar-refractivity contribution in [1.29, 1.82) is 0 Å². The third kappa shape index (κ3) is 4.92. The van der Waals surface area contributed by atoms with E-state index in [1.54, 1.807) is 11.0 Å². The van der Waals surface area contributed by atoms with Crippen molar-refractivity contribution < 1.29 is 14.7 Å². The molecule has 5 nitrogen and oxygen atoms in total. The van der Waals surface area contributed by atoms with E-state index in [1.165, 1.54) is 11.3 Å². The molecule has 2 aromatic carbocycles. The van der Waals surface area contributed by atoms with Gasteiger partial charge in [0.05, 0.1) is 18.0 Å². The van der Waals surface area contributed by atoms with Gasteiger partial charge in [-0.1, -0.05) is 72.3 Å². The summed E-state index contributed by atoms with van der Waals surface area (Å²) >= 11 is 7.70. The molecule has 2 heterocycles. The molecule has 0 radical (unpaired) electrons. The Labute approximate surface area is 196 Å². The molecule has 1 N–H and O–H groups in total. The maximum Gasteiger partial charge on any atom is 0.304 e. The van der Waals surface area contributed by atoms with Gasteiger partial charge in [0.1, 0.15) is 0 Å². The van der Waals surface area contributed by atoms with Gasteiger partial charge >= 0.3 is 5.97 Å². The van der Waals surface area contributed by atoms with Crippen LogP contribution in [0, 0.1) is 5.92 Å². The molecule has 0 saturated heterocycles. The van der Waals surface area contributed by atoms with E-state index in [9.17, 15) is 14.7 Å². The van der Waals surface area contributed by atoms with Crippen molar-refractivity contribution in [3.05, 3.63) is 82.7 Å². The molecule has 0 bridgehead atoms. The molecule has 0 fully saturated rings. The fourth-order valence-electron chi connectivity index (χ4n) is 4.07. The van der Waals surface area contributed by atoms with Crippen LogP contribution in [0.2, 0.25) is 5.02 Å². The maximum absolute atomic E-state index is 13.8. The zero-order valence-corrected chi connectivity index (χ0v) is 18.9. The number of carboxylic acid groups (broad SMARTS) is 1. The lowest BCUT2D eigenvalue weighted by molar-refractivity contribution is -0.141. The van der Waals surface area contributed by atoms with Gasteiger partial charge in [0.15, 0.2) is 5.13 Å². The molecule has 1 aliphatic heterocycles. The largest absolute Gasteiger partial charge is 0.481 e. The second-order valence-corrected chi connectivity index (χ2v) is 8.95. The lowest BCUT2D eigenvalue weighted by atomic mass is 9.81. The molecule has 0 unspecified atom stereocenters. The Morgan fingerprint density at radius 1 is 1.12 bits per heavy atom. The van der Waals surface area contributed by atoms with Gasteiger partial charge in [-0.2, -0.15) is 0 Å². The Morgan fingerprint density at radius 3 is 2.62 bits per heavy atom. The Morgan fingerprint density at radius 2 is 1.88 bits per heavy atom. The normalized spacial score (nSPS) is 20.3. The summed E-state index contributed by atoms with van der Waals surface area (Å²) in [5.41, 5.74) is 2.47. The van der Waals surface area contributed by atoms with Crippen molar-refractivity contribution in [3.8, 4) is 11.3 Å². The predicted molar refractivity (Wildman–Crippen MR) is 128 cm³/mol. The Kier molecular flexibility index (Phi) is 7.02. The van der Waals surface area contributed by atoms with Crippen LogP contribution < -0.4 is 4.90 Å². The second kappa shape index (κ2) is 10.1. The number of aliphatic carboxylic acids is 1. The molecule has 4 rings (SSSR count). The van der Waals surface area contributed by atoms with E-state index >= 15 is 0 Å². The third-order valence-electron chi connectivity index (χ3n) is 5.64. The molecule has 2 atom stereocenters. The van der Waals surface area contributed by atoms with Crippen molar-refractivity contribution >= 4 is 39.9 Å². The highest BCUT2D eigenvalue weighted by atomic mass is 35.5. The molecule has 7 heteroatoms. The van der Waals surface area contributed by atoms with Gasteiger partial charge in [0.25, 0.3) is 0 Å². The van der Waals surface area contributed by atoms with Crippen molar-refractivity contribution in [2.45, 2.75) is 25.2 Å². The first kappa shape index (κ1) is 22.2. The molecule has 0 saturated carbocycles. The number of benzene rings is 2. The number of carboxylic acids is 1. The number of carbonyl (C=O) groups excluding carboxylic acids is 1. The average Bonchev–Trinajstić information content (AvgIpc) is 3.29. The van der Waals surface area contributed by atoms with Gasteiger partial charge in [-0.3, -0.25) is 14.5 Å². The zero-order valence-electron chi connectivity index (χ0n) is 17.4. The van der Waals surface area contributed by atoms with E-state index in [0.29, 0.717) is 35.2 Å². The minimum Gasteiger partial charge on any atom is -0.481 e. The van der Waals surface area contributed by atoms with E-state index < -0.39 is 11.9 Å². The quantitative estimate of drug-likeness (QED) is 0.466. The summed E-state index contributed by atoms with van der Waals surface area (Å²) in [6.07, 6.45) is 5.17. The monoisotopic (exact) mass is 466 g/mol. The minimum atomic E-state index is -0.983. The van der Waals surface area contributed by atoms with Crippen molar-refractivity contribution in [2.75, 3.05) is 11.4 Å².